The minimum Gasteiger partial charge on any atom is -0.389 e. The van der Waals surface area contributed by atoms with Gasteiger partial charge in [0.25, 0.3) is 0 Å². The summed E-state index contributed by atoms with van der Waals surface area (Å²) < 4.78 is 5.22. The minimum atomic E-state index is 0.470. The first kappa shape index (κ1) is 13.3. The highest BCUT2D eigenvalue weighted by Crippen LogP contribution is 2.25. The number of anilines is 1. The molecule has 1 atom stereocenters. The monoisotopic (exact) mass is 264 g/mol. The van der Waals surface area contributed by atoms with E-state index in [1.165, 1.54) is 12.1 Å². The largest absolute Gasteiger partial charge is 0.389 e. The third-order valence-electron chi connectivity index (χ3n) is 3.53. The van der Waals surface area contributed by atoms with Crippen LogP contribution in [0.3, 0.4) is 0 Å². The number of thiocarbonyl (C=S) groups is 1. The summed E-state index contributed by atoms with van der Waals surface area (Å²) in [6.45, 7) is 5.07. The molecule has 1 unspecified atom stereocenters. The van der Waals surface area contributed by atoms with Crippen LogP contribution in [0.15, 0.2) is 18.2 Å². The standard InChI is InChI=1S/C14H20N2OS/c1-10-7-12(3-4-13(10)14(15)18)16-6-5-11(8-16)9-17-2/h3-4,7,11H,5-6,8-9H2,1-2H3,(H2,15,18). The predicted molar refractivity (Wildman–Crippen MR) is 79.3 cm³/mol. The van der Waals surface area contributed by atoms with Gasteiger partial charge in [-0.25, -0.2) is 0 Å². The first-order chi connectivity index (χ1) is 8.61. The van der Waals surface area contributed by atoms with Crippen LogP contribution in [0.25, 0.3) is 0 Å². The smallest absolute Gasteiger partial charge is 0.104 e. The number of nitrogens with two attached hydrogens (primary N) is 1. The van der Waals surface area contributed by atoms with Crippen molar-refractivity contribution >= 4 is 22.9 Å². The molecule has 0 aromatic heterocycles. The van der Waals surface area contributed by atoms with Gasteiger partial charge in [0.05, 0.1) is 6.61 Å². The van der Waals surface area contributed by atoms with Gasteiger partial charge in [-0.05, 0) is 37.1 Å². The van der Waals surface area contributed by atoms with Gasteiger partial charge in [-0.2, -0.15) is 0 Å². The van der Waals surface area contributed by atoms with Crippen LogP contribution in [0.2, 0.25) is 0 Å². The molecule has 1 aliphatic rings. The summed E-state index contributed by atoms with van der Waals surface area (Å²) >= 11 is 5.03. The molecule has 98 valence electrons. The fraction of sp³-hybridized carbons (Fsp3) is 0.500. The SMILES string of the molecule is COCC1CCN(c2ccc(C(N)=S)c(C)c2)C1. The fourth-order valence-corrected chi connectivity index (χ4v) is 2.79. The lowest BCUT2D eigenvalue weighted by molar-refractivity contribution is 0.161. The second-order valence-electron chi connectivity index (χ2n) is 4.92. The Morgan fingerprint density at radius 2 is 2.33 bits per heavy atom. The van der Waals surface area contributed by atoms with E-state index in [2.05, 4.69) is 24.0 Å². The summed E-state index contributed by atoms with van der Waals surface area (Å²) in [6.07, 6.45) is 1.20. The van der Waals surface area contributed by atoms with Gasteiger partial charge < -0.3 is 15.4 Å². The Morgan fingerprint density at radius 3 is 2.94 bits per heavy atom. The van der Waals surface area contributed by atoms with Gasteiger partial charge >= 0.3 is 0 Å². The Morgan fingerprint density at radius 1 is 1.56 bits per heavy atom. The average molecular weight is 264 g/mol. The normalized spacial score (nSPS) is 19.2. The van der Waals surface area contributed by atoms with Crippen LogP contribution >= 0.6 is 12.2 Å². The van der Waals surface area contributed by atoms with E-state index < -0.39 is 0 Å². The van der Waals surface area contributed by atoms with Gasteiger partial charge in [0.15, 0.2) is 0 Å². The van der Waals surface area contributed by atoms with Gasteiger partial charge in [-0.1, -0.05) is 12.2 Å². The molecule has 1 saturated heterocycles. The fourth-order valence-electron chi connectivity index (χ4n) is 2.56. The number of ether oxygens (including phenoxy) is 1. The first-order valence-corrected chi connectivity index (χ1v) is 6.67. The summed E-state index contributed by atoms with van der Waals surface area (Å²) in [5, 5.41) is 0. The summed E-state index contributed by atoms with van der Waals surface area (Å²) in [7, 11) is 1.77. The molecule has 4 heteroatoms. The third-order valence-corrected chi connectivity index (χ3v) is 3.75. The molecular formula is C14H20N2OS. The molecule has 1 aromatic rings. The number of hydrogen-bond donors (Lipinski definition) is 1. The summed E-state index contributed by atoms with van der Waals surface area (Å²) in [4.78, 5) is 2.87. The van der Waals surface area contributed by atoms with Crippen molar-refractivity contribution in [3.8, 4) is 0 Å². The maximum Gasteiger partial charge on any atom is 0.104 e. The Hall–Kier alpha value is -1.13. The molecule has 2 N–H and O–H groups in total. The zero-order chi connectivity index (χ0) is 13.1. The van der Waals surface area contributed by atoms with Crippen molar-refractivity contribution in [2.24, 2.45) is 11.7 Å². The third kappa shape index (κ3) is 2.82. The van der Waals surface area contributed by atoms with Crippen LogP contribution < -0.4 is 10.6 Å². The summed E-state index contributed by atoms with van der Waals surface area (Å²) in [6, 6.07) is 6.30. The van der Waals surface area contributed by atoms with Crippen molar-refractivity contribution in [1.82, 2.24) is 0 Å². The maximum atomic E-state index is 5.68. The molecule has 0 amide bonds. The van der Waals surface area contributed by atoms with Crippen LogP contribution in [0.4, 0.5) is 5.69 Å². The second kappa shape index (κ2) is 5.67. The van der Waals surface area contributed by atoms with E-state index >= 15 is 0 Å². The number of rotatable bonds is 4. The number of nitrogens with zero attached hydrogens (tertiary/aromatic N) is 1. The van der Waals surface area contributed by atoms with E-state index in [-0.39, 0.29) is 0 Å². The van der Waals surface area contributed by atoms with Gasteiger partial charge in [0.1, 0.15) is 4.99 Å². The van der Waals surface area contributed by atoms with E-state index in [1.807, 2.05) is 6.07 Å². The molecule has 1 fully saturated rings. The molecule has 2 rings (SSSR count). The Kier molecular flexibility index (Phi) is 4.19. The molecular weight excluding hydrogens is 244 g/mol. The lowest BCUT2D eigenvalue weighted by Gasteiger charge is -2.20. The predicted octanol–water partition coefficient (Wildman–Crippen LogP) is 2.10. The van der Waals surface area contributed by atoms with Crippen molar-refractivity contribution in [3.05, 3.63) is 29.3 Å². The zero-order valence-electron chi connectivity index (χ0n) is 11.0. The molecule has 0 aliphatic carbocycles. The van der Waals surface area contributed by atoms with Gasteiger partial charge in [-0.15, -0.1) is 0 Å². The van der Waals surface area contributed by atoms with Crippen molar-refractivity contribution in [2.45, 2.75) is 13.3 Å². The van der Waals surface area contributed by atoms with E-state index in [0.717, 1.165) is 30.8 Å². The average Bonchev–Trinajstić information content (AvgIpc) is 2.77. The Balaban J connectivity index is 2.11. The van der Waals surface area contributed by atoms with Gasteiger partial charge in [-0.3, -0.25) is 0 Å². The molecule has 0 saturated carbocycles. The quantitative estimate of drug-likeness (QED) is 0.845. The molecule has 1 aromatic carbocycles. The van der Waals surface area contributed by atoms with E-state index in [0.29, 0.717) is 10.9 Å². The van der Waals surface area contributed by atoms with Crippen LogP contribution in [0.5, 0.6) is 0 Å². The van der Waals surface area contributed by atoms with Crippen LogP contribution in [-0.2, 0) is 4.74 Å². The molecule has 18 heavy (non-hydrogen) atoms. The van der Waals surface area contributed by atoms with Gasteiger partial charge in [0, 0.05) is 37.4 Å². The van der Waals surface area contributed by atoms with Crippen molar-refractivity contribution < 1.29 is 4.74 Å². The van der Waals surface area contributed by atoms with Crippen molar-refractivity contribution in [1.29, 1.82) is 0 Å². The molecule has 3 nitrogen and oxygen atoms in total. The minimum absolute atomic E-state index is 0.470. The topological polar surface area (TPSA) is 38.5 Å². The van der Waals surface area contributed by atoms with E-state index in [4.69, 9.17) is 22.7 Å². The lowest BCUT2D eigenvalue weighted by atomic mass is 10.1. The summed E-state index contributed by atoms with van der Waals surface area (Å²) in [5.41, 5.74) is 9.06. The first-order valence-electron chi connectivity index (χ1n) is 6.26. The molecule has 0 spiro atoms. The van der Waals surface area contributed by atoms with Crippen LogP contribution in [0.1, 0.15) is 17.5 Å². The number of methoxy groups -OCH3 is 1. The molecule has 0 radical (unpaired) electrons. The number of aryl methyl sites for hydroxylation is 1. The Labute approximate surface area is 114 Å². The van der Waals surface area contributed by atoms with Crippen molar-refractivity contribution in [3.63, 3.8) is 0 Å². The number of benzene rings is 1. The highest BCUT2D eigenvalue weighted by molar-refractivity contribution is 7.80. The van der Waals surface area contributed by atoms with E-state index in [9.17, 15) is 0 Å². The zero-order valence-corrected chi connectivity index (χ0v) is 11.8. The summed E-state index contributed by atoms with van der Waals surface area (Å²) in [5.74, 6) is 0.644. The molecule has 1 heterocycles. The highest BCUT2D eigenvalue weighted by atomic mass is 32.1. The van der Waals surface area contributed by atoms with Crippen LogP contribution in [0, 0.1) is 12.8 Å². The van der Waals surface area contributed by atoms with E-state index in [1.54, 1.807) is 7.11 Å². The van der Waals surface area contributed by atoms with Crippen LogP contribution in [-0.4, -0.2) is 31.8 Å². The van der Waals surface area contributed by atoms with Gasteiger partial charge in [0.2, 0.25) is 0 Å². The lowest BCUT2D eigenvalue weighted by Crippen LogP contribution is -2.21. The Bertz CT molecular complexity index is 447. The number of hydrogen-bond acceptors (Lipinski definition) is 3. The maximum absolute atomic E-state index is 5.68. The molecule has 1 aliphatic heterocycles. The second-order valence-corrected chi connectivity index (χ2v) is 5.36. The van der Waals surface area contributed by atoms with Crippen molar-refractivity contribution in [2.75, 3.05) is 31.7 Å². The highest BCUT2D eigenvalue weighted by Gasteiger charge is 2.22. The molecule has 0 bridgehead atoms.